The van der Waals surface area contributed by atoms with Crippen LogP contribution < -0.4 is 5.73 Å². The highest BCUT2D eigenvalue weighted by molar-refractivity contribution is 5.92. The van der Waals surface area contributed by atoms with Crippen molar-refractivity contribution in [3.05, 3.63) is 35.4 Å². The molecule has 0 spiro atoms. The van der Waals surface area contributed by atoms with Crippen molar-refractivity contribution in [3.63, 3.8) is 0 Å². The molecule has 2 saturated heterocycles. The maximum atomic E-state index is 12.8. The maximum Gasteiger partial charge on any atom is 0.490 e. The summed E-state index contributed by atoms with van der Waals surface area (Å²) in [5.74, 6) is -1.83. The molecule has 1 unspecified atom stereocenters. The van der Waals surface area contributed by atoms with Crippen molar-refractivity contribution < 1.29 is 42.9 Å². The normalized spacial score (nSPS) is 26.9. The number of carboxylic acids is 1. The second-order valence-corrected chi connectivity index (χ2v) is 11.7. The van der Waals surface area contributed by atoms with Gasteiger partial charge in [-0.05, 0) is 74.0 Å². The molecule has 3 fully saturated rings. The van der Waals surface area contributed by atoms with Crippen LogP contribution in [0.2, 0.25) is 0 Å². The van der Waals surface area contributed by atoms with Gasteiger partial charge in [0.2, 0.25) is 5.91 Å². The van der Waals surface area contributed by atoms with Crippen LogP contribution in [0.3, 0.4) is 0 Å². The number of carbonyl (C=O) groups excluding carboxylic acids is 2. The monoisotopic (exact) mass is 585 g/mol. The number of alkyl halides is 3. The second kappa shape index (κ2) is 14.5. The van der Waals surface area contributed by atoms with Crippen molar-refractivity contribution in [2.75, 3.05) is 26.2 Å². The largest absolute Gasteiger partial charge is 0.490 e. The topological polar surface area (TPSA) is 144 Å². The highest BCUT2D eigenvalue weighted by Crippen LogP contribution is 2.43. The molecule has 41 heavy (non-hydrogen) atoms. The molecule has 2 amide bonds. The van der Waals surface area contributed by atoms with Gasteiger partial charge < -0.3 is 26.0 Å². The Hall–Kier alpha value is -2.70. The smallest absolute Gasteiger partial charge is 0.475 e. The minimum absolute atomic E-state index is 0.341. The van der Waals surface area contributed by atoms with E-state index in [0.717, 1.165) is 51.0 Å². The van der Waals surface area contributed by atoms with Gasteiger partial charge in [0, 0.05) is 37.3 Å². The zero-order valence-corrected chi connectivity index (χ0v) is 23.4. The van der Waals surface area contributed by atoms with Gasteiger partial charge in [-0.1, -0.05) is 31.9 Å². The summed E-state index contributed by atoms with van der Waals surface area (Å²) in [5, 5.41) is 26.5. The first-order valence-electron chi connectivity index (χ1n) is 14.3. The van der Waals surface area contributed by atoms with Crippen LogP contribution >= 0.6 is 0 Å². The van der Waals surface area contributed by atoms with Gasteiger partial charge in [-0.3, -0.25) is 14.5 Å². The number of halogens is 3. The molecule has 1 aliphatic carbocycles. The fourth-order valence-corrected chi connectivity index (χ4v) is 6.50. The molecule has 1 saturated carbocycles. The van der Waals surface area contributed by atoms with E-state index in [1.165, 1.54) is 18.4 Å². The molecule has 0 aromatic heterocycles. The van der Waals surface area contributed by atoms with E-state index in [0.29, 0.717) is 42.6 Å². The van der Waals surface area contributed by atoms with Gasteiger partial charge in [0.1, 0.15) is 0 Å². The molecule has 230 valence electrons. The van der Waals surface area contributed by atoms with Crippen molar-refractivity contribution in [2.24, 2.45) is 17.6 Å². The van der Waals surface area contributed by atoms with Gasteiger partial charge in [-0.25, -0.2) is 4.79 Å². The minimum Gasteiger partial charge on any atom is -0.475 e. The summed E-state index contributed by atoms with van der Waals surface area (Å²) in [6, 6.07) is 8.69. The first-order valence-corrected chi connectivity index (χ1v) is 14.3. The third-order valence-corrected chi connectivity index (χ3v) is 8.78. The third-order valence-electron chi connectivity index (χ3n) is 8.78. The van der Waals surface area contributed by atoms with E-state index in [4.69, 9.17) is 15.6 Å². The first-order chi connectivity index (χ1) is 19.3. The third kappa shape index (κ3) is 9.14. The number of primary amides is 1. The number of aliphatic hydroxyl groups is 2. The van der Waals surface area contributed by atoms with Crippen molar-refractivity contribution in [3.8, 4) is 0 Å². The molecule has 2 heterocycles. The Bertz CT molecular complexity index is 1030. The highest BCUT2D eigenvalue weighted by atomic mass is 19.4. The molecule has 4 rings (SSSR count). The van der Waals surface area contributed by atoms with Crippen LogP contribution in [0.5, 0.6) is 0 Å². The number of nitrogens with two attached hydrogens (primary N) is 1. The zero-order chi connectivity index (χ0) is 30.3. The SMILES string of the molecule is CC1CCC(CN(CCN2[C@@H]3CC[C@H]2CC(c2cccc(C(N)=O)c2)C3)C(=O)[C@@H](O)CO)CC1.O=C(O)C(F)(F)F. The Morgan fingerprint density at radius 2 is 1.66 bits per heavy atom. The van der Waals surface area contributed by atoms with E-state index in [2.05, 4.69) is 17.9 Å². The number of fused-ring (bicyclic) bond motifs is 2. The molecule has 0 radical (unpaired) electrons. The molecule has 5 N–H and O–H groups in total. The van der Waals surface area contributed by atoms with Crippen LogP contribution in [0.1, 0.15) is 80.1 Å². The van der Waals surface area contributed by atoms with E-state index in [1.807, 2.05) is 17.0 Å². The predicted octanol–water partition coefficient (Wildman–Crippen LogP) is 3.14. The number of aliphatic hydroxyl groups excluding tert-OH is 2. The summed E-state index contributed by atoms with van der Waals surface area (Å²) in [6.07, 6.45) is 2.64. The number of amides is 2. The maximum absolute atomic E-state index is 12.8. The summed E-state index contributed by atoms with van der Waals surface area (Å²) < 4.78 is 31.7. The number of piperidine rings is 1. The molecule has 1 aromatic carbocycles. The van der Waals surface area contributed by atoms with Gasteiger partial charge in [0.05, 0.1) is 6.61 Å². The Kier molecular flexibility index (Phi) is 11.6. The fourth-order valence-electron chi connectivity index (χ4n) is 6.50. The van der Waals surface area contributed by atoms with E-state index in [-0.39, 0.29) is 11.8 Å². The van der Waals surface area contributed by atoms with Crippen molar-refractivity contribution in [2.45, 2.75) is 88.6 Å². The average molecular weight is 586 g/mol. The zero-order valence-electron chi connectivity index (χ0n) is 23.4. The lowest BCUT2D eigenvalue weighted by molar-refractivity contribution is -0.192. The molecule has 2 bridgehead atoms. The minimum atomic E-state index is -5.08. The van der Waals surface area contributed by atoms with Crippen LogP contribution in [0.15, 0.2) is 24.3 Å². The van der Waals surface area contributed by atoms with E-state index >= 15 is 0 Å². The summed E-state index contributed by atoms with van der Waals surface area (Å²) in [4.78, 5) is 37.7. The van der Waals surface area contributed by atoms with Crippen LogP contribution in [-0.2, 0) is 9.59 Å². The Morgan fingerprint density at radius 1 is 1.07 bits per heavy atom. The number of aliphatic carboxylic acids is 1. The van der Waals surface area contributed by atoms with Crippen LogP contribution in [0.4, 0.5) is 13.2 Å². The quantitative estimate of drug-likeness (QED) is 0.349. The standard InChI is InChI=1S/C27H41N3O4.C2HF3O2/c1-18-5-7-19(8-6-18)16-29(27(34)25(32)17-31)11-12-30-23-9-10-24(30)15-22(14-23)20-3-2-4-21(13-20)26(28)33;3-2(4,5)1(6)7/h2-4,13,18-19,22-25,31-32H,5-12,14-17H2,1H3,(H2,28,33);(H,6,7)/t18?,19?,22?,23-,24+,25-;/m0./s1. The first kappa shape index (κ1) is 32.8. The second-order valence-electron chi connectivity index (χ2n) is 11.7. The number of hydrogen-bond acceptors (Lipinski definition) is 6. The fraction of sp³-hybridized carbons (Fsp3) is 0.690. The number of carbonyl (C=O) groups is 3. The molecule has 9 nitrogen and oxygen atoms in total. The number of benzene rings is 1. The average Bonchev–Trinajstić information content (AvgIpc) is 3.17. The van der Waals surface area contributed by atoms with Crippen LogP contribution in [0.25, 0.3) is 0 Å². The van der Waals surface area contributed by atoms with E-state index < -0.39 is 24.9 Å². The molecule has 2 aliphatic heterocycles. The van der Waals surface area contributed by atoms with Gasteiger partial charge in [0.15, 0.2) is 6.10 Å². The van der Waals surface area contributed by atoms with E-state index in [9.17, 15) is 33.0 Å². The van der Waals surface area contributed by atoms with Gasteiger partial charge in [0.25, 0.3) is 5.91 Å². The molecule has 1 aromatic rings. The lowest BCUT2D eigenvalue weighted by Crippen LogP contribution is -2.50. The Labute approximate surface area is 238 Å². The predicted molar refractivity (Wildman–Crippen MR) is 145 cm³/mol. The summed E-state index contributed by atoms with van der Waals surface area (Å²) in [5.41, 5.74) is 7.25. The van der Waals surface area contributed by atoms with Crippen molar-refractivity contribution >= 4 is 17.8 Å². The van der Waals surface area contributed by atoms with Gasteiger partial charge in [-0.15, -0.1) is 0 Å². The van der Waals surface area contributed by atoms with Gasteiger partial charge >= 0.3 is 12.1 Å². The Balaban J connectivity index is 0.000000587. The number of rotatable bonds is 9. The summed E-state index contributed by atoms with van der Waals surface area (Å²) in [7, 11) is 0. The van der Waals surface area contributed by atoms with E-state index in [1.54, 1.807) is 6.07 Å². The molecular formula is C29H42F3N3O6. The lowest BCUT2D eigenvalue weighted by Gasteiger charge is -2.41. The van der Waals surface area contributed by atoms with Crippen LogP contribution in [-0.4, -0.2) is 93.5 Å². The highest BCUT2D eigenvalue weighted by Gasteiger charge is 2.41. The van der Waals surface area contributed by atoms with Crippen molar-refractivity contribution in [1.29, 1.82) is 0 Å². The molecule has 4 atom stereocenters. The van der Waals surface area contributed by atoms with Crippen LogP contribution in [0, 0.1) is 11.8 Å². The molecular weight excluding hydrogens is 543 g/mol. The summed E-state index contributed by atoms with van der Waals surface area (Å²) in [6.45, 7) is 3.83. The number of nitrogens with zero attached hydrogens (tertiary/aromatic N) is 2. The number of carboxylic acid groups (broad SMARTS) is 1. The lowest BCUT2D eigenvalue weighted by atomic mass is 9.82. The van der Waals surface area contributed by atoms with Crippen molar-refractivity contribution in [1.82, 2.24) is 9.80 Å². The molecule has 3 aliphatic rings. The number of hydrogen-bond donors (Lipinski definition) is 4. The summed E-state index contributed by atoms with van der Waals surface area (Å²) >= 11 is 0. The Morgan fingerprint density at radius 3 is 2.17 bits per heavy atom. The molecule has 12 heteroatoms. The van der Waals surface area contributed by atoms with Gasteiger partial charge in [-0.2, -0.15) is 13.2 Å².